The van der Waals surface area contributed by atoms with E-state index in [4.69, 9.17) is 10.5 Å². The molecular formula is C14H14N2O3S. The Kier molecular flexibility index (Phi) is 4.14. The molecule has 1 unspecified atom stereocenters. The zero-order valence-corrected chi connectivity index (χ0v) is 11.9. The van der Waals surface area contributed by atoms with Crippen molar-refractivity contribution in [3.05, 3.63) is 40.9 Å². The Morgan fingerprint density at radius 3 is 2.55 bits per heavy atom. The molecule has 5 nitrogen and oxygen atoms in total. The van der Waals surface area contributed by atoms with Crippen LogP contribution in [0.5, 0.6) is 0 Å². The monoisotopic (exact) mass is 290 g/mol. The smallest absolute Gasteiger partial charge is 0.351 e. The van der Waals surface area contributed by atoms with Crippen molar-refractivity contribution in [3.8, 4) is 10.6 Å². The molecule has 0 spiro atoms. The van der Waals surface area contributed by atoms with Crippen molar-refractivity contribution in [2.75, 3.05) is 0 Å². The number of benzene rings is 1. The van der Waals surface area contributed by atoms with Crippen LogP contribution in [0.25, 0.3) is 10.6 Å². The molecule has 0 radical (unpaired) electrons. The normalized spacial score (nSPS) is 11.9. The number of rotatable bonds is 4. The molecule has 1 heterocycles. The summed E-state index contributed by atoms with van der Waals surface area (Å²) >= 11 is 1.24. The number of hydrogen-bond acceptors (Lipinski definition) is 5. The Bertz CT molecular complexity index is 637. The molecule has 6 heteroatoms. The van der Waals surface area contributed by atoms with Crippen molar-refractivity contribution >= 4 is 23.2 Å². The van der Waals surface area contributed by atoms with E-state index >= 15 is 0 Å². The van der Waals surface area contributed by atoms with Crippen LogP contribution < -0.4 is 5.73 Å². The van der Waals surface area contributed by atoms with Gasteiger partial charge in [0, 0.05) is 5.56 Å². The van der Waals surface area contributed by atoms with Gasteiger partial charge in [0.15, 0.2) is 6.10 Å². The van der Waals surface area contributed by atoms with Crippen molar-refractivity contribution in [2.24, 2.45) is 5.73 Å². The standard InChI is InChI=1S/C14H14N2O3S/c1-8-11(14(18)19-9(2)12(15)17)20-13(16-8)10-6-4-3-5-7-10/h3-7,9H,1-2H3,(H2,15,17). The number of carbonyl (C=O) groups is 2. The predicted molar refractivity (Wildman–Crippen MR) is 76.4 cm³/mol. The van der Waals surface area contributed by atoms with Gasteiger partial charge in [-0.25, -0.2) is 9.78 Å². The third kappa shape index (κ3) is 3.03. The summed E-state index contributed by atoms with van der Waals surface area (Å²) in [6.07, 6.45) is -0.954. The lowest BCUT2D eigenvalue weighted by Gasteiger charge is -2.08. The van der Waals surface area contributed by atoms with Crippen molar-refractivity contribution in [3.63, 3.8) is 0 Å². The van der Waals surface area contributed by atoms with Crippen LogP contribution >= 0.6 is 11.3 Å². The van der Waals surface area contributed by atoms with Gasteiger partial charge in [0.2, 0.25) is 0 Å². The summed E-state index contributed by atoms with van der Waals surface area (Å²) < 4.78 is 4.98. The second-order valence-electron chi connectivity index (χ2n) is 4.25. The Labute approximate surface area is 120 Å². The van der Waals surface area contributed by atoms with Crippen molar-refractivity contribution in [1.29, 1.82) is 0 Å². The fraction of sp³-hybridized carbons (Fsp3) is 0.214. The van der Waals surface area contributed by atoms with Crippen molar-refractivity contribution < 1.29 is 14.3 Å². The lowest BCUT2D eigenvalue weighted by molar-refractivity contribution is -0.125. The van der Waals surface area contributed by atoms with Crippen molar-refractivity contribution in [2.45, 2.75) is 20.0 Å². The predicted octanol–water partition coefficient (Wildman–Crippen LogP) is 2.15. The quantitative estimate of drug-likeness (QED) is 0.875. The highest BCUT2D eigenvalue weighted by Gasteiger charge is 2.21. The van der Waals surface area contributed by atoms with Gasteiger partial charge in [-0.3, -0.25) is 4.79 Å². The first-order chi connectivity index (χ1) is 9.49. The molecule has 0 aliphatic carbocycles. The first-order valence-electron chi connectivity index (χ1n) is 6.02. The minimum atomic E-state index is -0.954. The van der Waals surface area contributed by atoms with E-state index in [1.54, 1.807) is 6.92 Å². The Hall–Kier alpha value is -2.21. The van der Waals surface area contributed by atoms with E-state index in [2.05, 4.69) is 4.98 Å². The summed E-state index contributed by atoms with van der Waals surface area (Å²) in [7, 11) is 0. The summed E-state index contributed by atoms with van der Waals surface area (Å²) in [6, 6.07) is 9.55. The zero-order valence-electron chi connectivity index (χ0n) is 11.1. The largest absolute Gasteiger partial charge is 0.448 e. The van der Waals surface area contributed by atoms with Gasteiger partial charge in [-0.05, 0) is 13.8 Å². The van der Waals surface area contributed by atoms with E-state index in [-0.39, 0.29) is 0 Å². The van der Waals surface area contributed by atoms with Gasteiger partial charge in [-0.2, -0.15) is 0 Å². The van der Waals surface area contributed by atoms with Gasteiger partial charge >= 0.3 is 5.97 Å². The van der Waals surface area contributed by atoms with E-state index < -0.39 is 18.0 Å². The third-order valence-corrected chi connectivity index (χ3v) is 3.87. The number of nitrogens with two attached hydrogens (primary N) is 1. The average molecular weight is 290 g/mol. The molecule has 0 saturated heterocycles. The number of aryl methyl sites for hydroxylation is 1. The van der Waals surface area contributed by atoms with Crippen LogP contribution in [0.15, 0.2) is 30.3 Å². The molecule has 1 aromatic carbocycles. The molecule has 2 rings (SSSR count). The van der Waals surface area contributed by atoms with Crippen LogP contribution in [0.2, 0.25) is 0 Å². The molecule has 0 fully saturated rings. The van der Waals surface area contributed by atoms with E-state index in [1.165, 1.54) is 18.3 Å². The summed E-state index contributed by atoms with van der Waals surface area (Å²) in [6.45, 7) is 3.17. The van der Waals surface area contributed by atoms with E-state index in [0.717, 1.165) is 10.6 Å². The van der Waals surface area contributed by atoms with Crippen molar-refractivity contribution in [1.82, 2.24) is 4.98 Å². The molecule has 2 aromatic rings. The van der Waals surface area contributed by atoms with Crippen LogP contribution in [0.1, 0.15) is 22.3 Å². The highest BCUT2D eigenvalue weighted by atomic mass is 32.1. The number of hydrogen-bond donors (Lipinski definition) is 1. The SMILES string of the molecule is Cc1nc(-c2ccccc2)sc1C(=O)OC(C)C(N)=O. The first kappa shape index (κ1) is 14.2. The second-order valence-corrected chi connectivity index (χ2v) is 5.25. The van der Waals surface area contributed by atoms with Gasteiger partial charge in [-0.15, -0.1) is 11.3 Å². The number of esters is 1. The fourth-order valence-electron chi connectivity index (χ4n) is 1.56. The Morgan fingerprint density at radius 1 is 1.30 bits per heavy atom. The van der Waals surface area contributed by atoms with Gasteiger partial charge in [-0.1, -0.05) is 30.3 Å². The minimum Gasteiger partial charge on any atom is -0.448 e. The van der Waals surface area contributed by atoms with E-state index in [0.29, 0.717) is 10.6 Å². The Balaban J connectivity index is 2.24. The molecule has 2 N–H and O–H groups in total. The van der Waals surface area contributed by atoms with Crippen LogP contribution in [0.3, 0.4) is 0 Å². The number of carbonyl (C=O) groups excluding carboxylic acids is 2. The molecule has 1 aromatic heterocycles. The molecule has 1 amide bonds. The number of primary amides is 1. The van der Waals surface area contributed by atoms with Gasteiger partial charge in [0.25, 0.3) is 5.91 Å². The van der Waals surface area contributed by atoms with Crippen LogP contribution in [0, 0.1) is 6.92 Å². The maximum atomic E-state index is 12.0. The molecule has 0 aliphatic heterocycles. The number of aromatic nitrogens is 1. The average Bonchev–Trinajstić information content (AvgIpc) is 2.81. The molecule has 20 heavy (non-hydrogen) atoms. The van der Waals surface area contributed by atoms with Gasteiger partial charge in [0.1, 0.15) is 9.88 Å². The maximum absolute atomic E-state index is 12.0. The fourth-order valence-corrected chi connectivity index (χ4v) is 2.52. The van der Waals surface area contributed by atoms with Crippen LogP contribution in [-0.4, -0.2) is 23.0 Å². The van der Waals surface area contributed by atoms with Gasteiger partial charge < -0.3 is 10.5 Å². The molecule has 104 valence electrons. The summed E-state index contributed by atoms with van der Waals surface area (Å²) in [5, 5.41) is 0.738. The lowest BCUT2D eigenvalue weighted by Crippen LogP contribution is -2.30. The highest BCUT2D eigenvalue weighted by Crippen LogP contribution is 2.28. The Morgan fingerprint density at radius 2 is 1.95 bits per heavy atom. The molecule has 1 atom stereocenters. The molecular weight excluding hydrogens is 276 g/mol. The van der Waals surface area contributed by atoms with Crippen LogP contribution in [0.4, 0.5) is 0 Å². The number of amides is 1. The lowest BCUT2D eigenvalue weighted by atomic mass is 10.2. The molecule has 0 bridgehead atoms. The van der Waals surface area contributed by atoms with E-state index in [1.807, 2.05) is 30.3 Å². The highest BCUT2D eigenvalue weighted by molar-refractivity contribution is 7.17. The summed E-state index contributed by atoms with van der Waals surface area (Å²) in [5.74, 6) is -1.25. The number of thiazole rings is 1. The molecule has 0 saturated carbocycles. The number of nitrogens with zero attached hydrogens (tertiary/aromatic N) is 1. The van der Waals surface area contributed by atoms with E-state index in [9.17, 15) is 9.59 Å². The van der Waals surface area contributed by atoms with Crippen LogP contribution in [-0.2, 0) is 9.53 Å². The summed E-state index contributed by atoms with van der Waals surface area (Å²) in [4.78, 5) is 27.6. The number of ether oxygens (including phenoxy) is 1. The first-order valence-corrected chi connectivity index (χ1v) is 6.84. The van der Waals surface area contributed by atoms with Gasteiger partial charge in [0.05, 0.1) is 5.69 Å². The topological polar surface area (TPSA) is 82.3 Å². The third-order valence-electron chi connectivity index (χ3n) is 2.69. The second kappa shape index (κ2) is 5.83. The zero-order chi connectivity index (χ0) is 14.7. The maximum Gasteiger partial charge on any atom is 0.351 e. The minimum absolute atomic E-state index is 0.386. The summed E-state index contributed by atoms with van der Waals surface area (Å²) in [5.41, 5.74) is 6.58. The molecule has 0 aliphatic rings.